The first-order valence-corrected chi connectivity index (χ1v) is 10.3. The van der Waals surface area contributed by atoms with E-state index in [1.807, 2.05) is 0 Å². The zero-order valence-electron chi connectivity index (χ0n) is 17.8. The van der Waals surface area contributed by atoms with Crippen molar-refractivity contribution in [1.29, 1.82) is 0 Å². The number of hydrogen-bond acceptors (Lipinski definition) is 4. The van der Waals surface area contributed by atoms with E-state index in [2.05, 4.69) is 20.8 Å². The van der Waals surface area contributed by atoms with E-state index in [1.54, 1.807) is 13.8 Å². The van der Waals surface area contributed by atoms with Gasteiger partial charge in [-0.2, -0.15) is 0 Å². The van der Waals surface area contributed by atoms with Crippen LogP contribution >= 0.6 is 0 Å². The Morgan fingerprint density at radius 2 is 1.62 bits per heavy atom. The molecule has 0 spiro atoms. The largest absolute Gasteiger partial charge is 0.481 e. The van der Waals surface area contributed by atoms with Crippen LogP contribution in [0.15, 0.2) is 0 Å². The molecule has 0 fully saturated rings. The molecule has 0 bridgehead atoms. The SMILES string of the molecule is CCCCC(CC)COCC(O)CO.CCCCCCC(C)(C)C(=O)O. The lowest BCUT2D eigenvalue weighted by Gasteiger charge is -2.18. The summed E-state index contributed by atoms with van der Waals surface area (Å²) in [6.45, 7) is 10.8. The van der Waals surface area contributed by atoms with Crippen molar-refractivity contribution in [3.63, 3.8) is 0 Å². The second kappa shape index (κ2) is 17.7. The lowest BCUT2D eigenvalue weighted by molar-refractivity contribution is -0.147. The maximum absolute atomic E-state index is 10.7. The zero-order chi connectivity index (χ0) is 20.4. The van der Waals surface area contributed by atoms with Gasteiger partial charge in [0.25, 0.3) is 0 Å². The average molecular weight is 377 g/mol. The third-order valence-corrected chi connectivity index (χ3v) is 4.65. The van der Waals surface area contributed by atoms with Crippen LogP contribution in [0.1, 0.15) is 92.4 Å². The van der Waals surface area contributed by atoms with Crippen LogP contribution < -0.4 is 0 Å². The summed E-state index contributed by atoms with van der Waals surface area (Å²) >= 11 is 0. The molecule has 26 heavy (non-hydrogen) atoms. The van der Waals surface area contributed by atoms with Crippen molar-refractivity contribution in [2.24, 2.45) is 11.3 Å². The molecule has 2 unspecified atom stereocenters. The van der Waals surface area contributed by atoms with E-state index in [0.717, 1.165) is 25.7 Å². The van der Waals surface area contributed by atoms with Crippen LogP contribution in [-0.2, 0) is 9.53 Å². The average Bonchev–Trinajstić information content (AvgIpc) is 2.61. The molecule has 0 aliphatic rings. The molecule has 0 aromatic carbocycles. The number of carboxylic acids is 1. The number of carbonyl (C=O) groups is 1. The standard InChI is InChI=1S/C11H24O3.C10H20O2/c1-3-5-6-10(4-2)8-14-9-11(13)7-12;1-4-5-6-7-8-10(2,3)9(11)12/h10-13H,3-9H2,1-2H3;4-8H2,1-3H3,(H,11,12). The minimum absolute atomic E-state index is 0.217. The number of unbranched alkanes of at least 4 members (excludes halogenated alkanes) is 4. The molecule has 0 rings (SSSR count). The summed E-state index contributed by atoms with van der Waals surface area (Å²) in [7, 11) is 0. The number of aliphatic hydroxyl groups excluding tert-OH is 2. The molecule has 0 heterocycles. The maximum atomic E-state index is 10.7. The number of rotatable bonds is 15. The van der Waals surface area contributed by atoms with Crippen molar-refractivity contribution in [1.82, 2.24) is 0 Å². The predicted octanol–water partition coefficient (Wildman–Crippen LogP) is 4.64. The van der Waals surface area contributed by atoms with Crippen LogP contribution in [0.4, 0.5) is 0 Å². The molecule has 0 aromatic heterocycles. The fourth-order valence-electron chi connectivity index (χ4n) is 2.42. The van der Waals surface area contributed by atoms with E-state index in [0.29, 0.717) is 12.5 Å². The van der Waals surface area contributed by atoms with Crippen LogP contribution in [0, 0.1) is 11.3 Å². The van der Waals surface area contributed by atoms with Gasteiger partial charge in [-0.15, -0.1) is 0 Å². The summed E-state index contributed by atoms with van der Waals surface area (Å²) in [6.07, 6.45) is 9.46. The Morgan fingerprint density at radius 1 is 1.00 bits per heavy atom. The van der Waals surface area contributed by atoms with Crippen LogP contribution in [-0.4, -0.2) is 47.2 Å². The highest BCUT2D eigenvalue weighted by Crippen LogP contribution is 2.23. The van der Waals surface area contributed by atoms with Crippen molar-refractivity contribution in [3.8, 4) is 0 Å². The third kappa shape index (κ3) is 16.8. The van der Waals surface area contributed by atoms with E-state index in [-0.39, 0.29) is 13.2 Å². The van der Waals surface area contributed by atoms with Gasteiger partial charge >= 0.3 is 5.97 Å². The first-order chi connectivity index (χ1) is 12.2. The van der Waals surface area contributed by atoms with Gasteiger partial charge < -0.3 is 20.1 Å². The Balaban J connectivity index is 0. The Labute approximate surface area is 161 Å². The third-order valence-electron chi connectivity index (χ3n) is 4.65. The highest BCUT2D eigenvalue weighted by atomic mass is 16.5. The lowest BCUT2D eigenvalue weighted by atomic mass is 9.87. The molecule has 2 atom stereocenters. The minimum Gasteiger partial charge on any atom is -0.481 e. The Kier molecular flexibility index (Phi) is 18.8. The monoisotopic (exact) mass is 376 g/mol. The molecule has 0 amide bonds. The van der Waals surface area contributed by atoms with E-state index in [9.17, 15) is 4.79 Å². The van der Waals surface area contributed by atoms with Gasteiger partial charge in [0.1, 0.15) is 6.10 Å². The molecule has 3 N–H and O–H groups in total. The highest BCUT2D eigenvalue weighted by Gasteiger charge is 2.25. The van der Waals surface area contributed by atoms with E-state index >= 15 is 0 Å². The lowest BCUT2D eigenvalue weighted by Crippen LogP contribution is -2.23. The van der Waals surface area contributed by atoms with Crippen LogP contribution in [0.3, 0.4) is 0 Å². The summed E-state index contributed by atoms with van der Waals surface area (Å²) < 4.78 is 5.33. The van der Waals surface area contributed by atoms with Crippen molar-refractivity contribution in [2.75, 3.05) is 19.8 Å². The molecule has 5 nitrogen and oxygen atoms in total. The normalized spacial score (nSPS) is 13.7. The van der Waals surface area contributed by atoms with Crippen LogP contribution in [0.2, 0.25) is 0 Å². The van der Waals surface area contributed by atoms with Crippen molar-refractivity contribution in [3.05, 3.63) is 0 Å². The van der Waals surface area contributed by atoms with Gasteiger partial charge in [0.2, 0.25) is 0 Å². The van der Waals surface area contributed by atoms with E-state index in [1.165, 1.54) is 32.1 Å². The molecular formula is C21H44O5. The van der Waals surface area contributed by atoms with Crippen LogP contribution in [0.25, 0.3) is 0 Å². The Bertz CT molecular complexity index is 318. The first-order valence-electron chi connectivity index (χ1n) is 10.3. The van der Waals surface area contributed by atoms with Gasteiger partial charge in [-0.05, 0) is 32.6 Å². The minimum atomic E-state index is -0.723. The predicted molar refractivity (Wildman–Crippen MR) is 107 cm³/mol. The Hall–Kier alpha value is -0.650. The fraction of sp³-hybridized carbons (Fsp3) is 0.952. The fourth-order valence-corrected chi connectivity index (χ4v) is 2.42. The molecule has 5 heteroatoms. The number of aliphatic carboxylic acids is 1. The summed E-state index contributed by atoms with van der Waals surface area (Å²) in [6, 6.07) is 0. The number of hydrogen-bond donors (Lipinski definition) is 3. The number of ether oxygens (including phenoxy) is 1. The number of aliphatic hydroxyl groups is 2. The van der Waals surface area contributed by atoms with Crippen LogP contribution in [0.5, 0.6) is 0 Å². The van der Waals surface area contributed by atoms with Gasteiger partial charge in [0.15, 0.2) is 0 Å². The van der Waals surface area contributed by atoms with Gasteiger partial charge in [-0.3, -0.25) is 4.79 Å². The second-order valence-corrected chi connectivity index (χ2v) is 7.79. The smallest absolute Gasteiger partial charge is 0.309 e. The zero-order valence-corrected chi connectivity index (χ0v) is 17.8. The second-order valence-electron chi connectivity index (χ2n) is 7.79. The van der Waals surface area contributed by atoms with E-state index < -0.39 is 17.5 Å². The maximum Gasteiger partial charge on any atom is 0.309 e. The number of carboxylic acid groups (broad SMARTS) is 1. The molecule has 0 aromatic rings. The molecule has 0 saturated carbocycles. The van der Waals surface area contributed by atoms with Crippen molar-refractivity contribution < 1.29 is 24.9 Å². The summed E-state index contributed by atoms with van der Waals surface area (Å²) in [5, 5.41) is 26.4. The quantitative estimate of drug-likeness (QED) is 0.362. The topological polar surface area (TPSA) is 87.0 Å². The van der Waals surface area contributed by atoms with Gasteiger partial charge in [-0.1, -0.05) is 65.7 Å². The first kappa shape index (κ1) is 27.6. The summed E-state index contributed by atoms with van der Waals surface area (Å²) in [5.41, 5.74) is -0.534. The van der Waals surface area contributed by atoms with Gasteiger partial charge in [0, 0.05) is 6.61 Å². The molecule has 158 valence electrons. The molecule has 0 radical (unpaired) electrons. The van der Waals surface area contributed by atoms with E-state index in [4.69, 9.17) is 20.1 Å². The molecule has 0 aliphatic heterocycles. The molecule has 0 saturated heterocycles. The van der Waals surface area contributed by atoms with Gasteiger partial charge in [-0.25, -0.2) is 0 Å². The Morgan fingerprint density at radius 3 is 2.08 bits per heavy atom. The highest BCUT2D eigenvalue weighted by molar-refractivity contribution is 5.73. The van der Waals surface area contributed by atoms with Crippen molar-refractivity contribution in [2.45, 2.75) is 98.5 Å². The summed E-state index contributed by atoms with van der Waals surface area (Å²) in [4.78, 5) is 10.7. The summed E-state index contributed by atoms with van der Waals surface area (Å²) in [5.74, 6) is -0.0835. The molecular weight excluding hydrogens is 332 g/mol. The molecule has 0 aliphatic carbocycles. The van der Waals surface area contributed by atoms with Crippen molar-refractivity contribution >= 4 is 5.97 Å². The van der Waals surface area contributed by atoms with Gasteiger partial charge in [0.05, 0.1) is 18.6 Å².